The van der Waals surface area contributed by atoms with E-state index in [1.807, 2.05) is 12.1 Å². The minimum atomic E-state index is 0.457. The van der Waals surface area contributed by atoms with E-state index < -0.39 is 0 Å². The number of aromatic nitrogens is 3. The summed E-state index contributed by atoms with van der Waals surface area (Å²) in [7, 11) is 1.63. The van der Waals surface area contributed by atoms with Crippen LogP contribution in [-0.4, -0.2) is 28.2 Å². The number of pyridine rings is 1. The molecule has 2 heterocycles. The van der Waals surface area contributed by atoms with E-state index in [4.69, 9.17) is 4.74 Å². The topological polar surface area (TPSA) is 57.0 Å². The van der Waals surface area contributed by atoms with Gasteiger partial charge in [0, 0.05) is 25.1 Å². The van der Waals surface area contributed by atoms with Crippen molar-refractivity contribution in [2.75, 3.05) is 7.11 Å². The smallest absolute Gasteiger partial charge is 0.158 e. The fourth-order valence-electron chi connectivity index (χ4n) is 1.60. The van der Waals surface area contributed by atoms with Crippen LogP contribution in [0.3, 0.4) is 0 Å². The number of carbonyl (C=O) groups is 1. The van der Waals surface area contributed by atoms with Crippen molar-refractivity contribution in [1.29, 1.82) is 0 Å². The molecule has 0 aromatic carbocycles. The molecule has 0 aliphatic heterocycles. The van der Waals surface area contributed by atoms with Gasteiger partial charge in [-0.3, -0.25) is 4.79 Å². The van der Waals surface area contributed by atoms with Gasteiger partial charge in [0.2, 0.25) is 0 Å². The molecule has 5 nitrogen and oxygen atoms in total. The van der Waals surface area contributed by atoms with Gasteiger partial charge in [0.25, 0.3) is 0 Å². The Kier molecular flexibility index (Phi) is 3.30. The average molecular weight is 231 g/mol. The Balaban J connectivity index is 2.48. The standard InChI is InChI=1S/C12H13N3O2/c1-9-11(7-16)6-15(14-9)12-10(8-17-2)4-3-5-13-12/h3-7H,8H2,1-2H3. The van der Waals surface area contributed by atoms with Crippen LogP contribution < -0.4 is 0 Å². The number of methoxy groups -OCH3 is 1. The maximum absolute atomic E-state index is 10.8. The Morgan fingerprint density at radius 3 is 3.00 bits per heavy atom. The van der Waals surface area contributed by atoms with Gasteiger partial charge in [-0.25, -0.2) is 9.67 Å². The molecule has 0 saturated carbocycles. The molecule has 0 aliphatic carbocycles. The Hall–Kier alpha value is -2.01. The van der Waals surface area contributed by atoms with Crippen molar-refractivity contribution in [1.82, 2.24) is 14.8 Å². The first kappa shape index (κ1) is 11.5. The molecule has 0 atom stereocenters. The van der Waals surface area contributed by atoms with Gasteiger partial charge in [0.15, 0.2) is 12.1 Å². The van der Waals surface area contributed by atoms with Crippen LogP contribution in [0.4, 0.5) is 0 Å². The molecule has 0 amide bonds. The second-order valence-corrected chi connectivity index (χ2v) is 3.65. The normalized spacial score (nSPS) is 10.5. The first-order chi connectivity index (χ1) is 8.26. The lowest BCUT2D eigenvalue weighted by Gasteiger charge is -2.06. The second-order valence-electron chi connectivity index (χ2n) is 3.65. The summed E-state index contributed by atoms with van der Waals surface area (Å²) in [6, 6.07) is 3.76. The molecular formula is C12H13N3O2. The molecule has 2 rings (SSSR count). The Morgan fingerprint density at radius 2 is 2.35 bits per heavy atom. The molecule has 88 valence electrons. The number of aryl methyl sites for hydroxylation is 1. The summed E-state index contributed by atoms with van der Waals surface area (Å²) in [5.74, 6) is 0.686. The minimum Gasteiger partial charge on any atom is -0.380 e. The van der Waals surface area contributed by atoms with Gasteiger partial charge in [-0.05, 0) is 13.0 Å². The second kappa shape index (κ2) is 4.88. The molecule has 0 spiro atoms. The first-order valence-corrected chi connectivity index (χ1v) is 5.21. The molecule has 2 aromatic heterocycles. The van der Waals surface area contributed by atoms with Crippen molar-refractivity contribution in [2.45, 2.75) is 13.5 Å². The molecule has 2 aromatic rings. The lowest BCUT2D eigenvalue weighted by atomic mass is 10.2. The SMILES string of the molecule is COCc1cccnc1-n1cc(C=O)c(C)n1. The third kappa shape index (κ3) is 2.24. The third-order valence-corrected chi connectivity index (χ3v) is 2.45. The lowest BCUT2D eigenvalue weighted by molar-refractivity contribution is 0.112. The molecule has 5 heteroatoms. The molecule has 0 aliphatic rings. The van der Waals surface area contributed by atoms with Crippen LogP contribution in [0, 0.1) is 6.92 Å². The maximum atomic E-state index is 10.8. The van der Waals surface area contributed by atoms with Gasteiger partial charge < -0.3 is 4.74 Å². The maximum Gasteiger partial charge on any atom is 0.158 e. The van der Waals surface area contributed by atoms with Crippen LogP contribution in [0.5, 0.6) is 0 Å². The fourth-order valence-corrected chi connectivity index (χ4v) is 1.60. The summed E-state index contributed by atoms with van der Waals surface area (Å²) in [6.45, 7) is 2.25. The van der Waals surface area contributed by atoms with Crippen LogP contribution in [-0.2, 0) is 11.3 Å². The highest BCUT2D eigenvalue weighted by molar-refractivity contribution is 5.76. The van der Waals surface area contributed by atoms with E-state index in [0.717, 1.165) is 11.8 Å². The highest BCUT2D eigenvalue weighted by Crippen LogP contribution is 2.13. The van der Waals surface area contributed by atoms with Gasteiger partial charge in [-0.2, -0.15) is 5.10 Å². The molecular weight excluding hydrogens is 218 g/mol. The highest BCUT2D eigenvalue weighted by atomic mass is 16.5. The molecule has 0 N–H and O–H groups in total. The van der Waals surface area contributed by atoms with Crippen LogP contribution in [0.1, 0.15) is 21.6 Å². The van der Waals surface area contributed by atoms with Crippen LogP contribution in [0.15, 0.2) is 24.5 Å². The van der Waals surface area contributed by atoms with E-state index in [1.165, 1.54) is 0 Å². The van der Waals surface area contributed by atoms with Crippen molar-refractivity contribution in [3.05, 3.63) is 41.3 Å². The average Bonchev–Trinajstić information content (AvgIpc) is 2.71. The minimum absolute atomic E-state index is 0.457. The number of ether oxygens (including phenoxy) is 1. The number of carbonyl (C=O) groups excluding carboxylic acids is 1. The van der Waals surface area contributed by atoms with Gasteiger partial charge in [-0.1, -0.05) is 6.07 Å². The summed E-state index contributed by atoms with van der Waals surface area (Å²) in [5.41, 5.74) is 2.18. The molecule has 0 unspecified atom stereocenters. The van der Waals surface area contributed by atoms with E-state index >= 15 is 0 Å². The Morgan fingerprint density at radius 1 is 1.53 bits per heavy atom. The van der Waals surface area contributed by atoms with Gasteiger partial charge in [-0.15, -0.1) is 0 Å². The van der Waals surface area contributed by atoms with E-state index in [1.54, 1.807) is 31.1 Å². The largest absolute Gasteiger partial charge is 0.380 e. The van der Waals surface area contributed by atoms with E-state index in [0.29, 0.717) is 23.7 Å². The van der Waals surface area contributed by atoms with E-state index in [9.17, 15) is 4.79 Å². The van der Waals surface area contributed by atoms with Crippen LogP contribution in [0.25, 0.3) is 5.82 Å². The number of hydrogen-bond donors (Lipinski definition) is 0. The van der Waals surface area contributed by atoms with Crippen molar-refractivity contribution < 1.29 is 9.53 Å². The first-order valence-electron chi connectivity index (χ1n) is 5.21. The quantitative estimate of drug-likeness (QED) is 0.749. The molecule has 0 saturated heterocycles. The number of rotatable bonds is 4. The zero-order chi connectivity index (χ0) is 12.3. The Bertz CT molecular complexity index is 534. The number of nitrogens with zero attached hydrogens (tertiary/aromatic N) is 3. The third-order valence-electron chi connectivity index (χ3n) is 2.45. The van der Waals surface area contributed by atoms with Crippen LogP contribution >= 0.6 is 0 Å². The fraction of sp³-hybridized carbons (Fsp3) is 0.250. The van der Waals surface area contributed by atoms with Crippen molar-refractivity contribution in [2.24, 2.45) is 0 Å². The summed E-state index contributed by atoms with van der Waals surface area (Å²) in [6.07, 6.45) is 4.15. The van der Waals surface area contributed by atoms with Gasteiger partial charge in [0.05, 0.1) is 17.9 Å². The van der Waals surface area contributed by atoms with E-state index in [-0.39, 0.29) is 0 Å². The molecule has 0 radical (unpaired) electrons. The highest BCUT2D eigenvalue weighted by Gasteiger charge is 2.09. The molecule has 0 fully saturated rings. The lowest BCUT2D eigenvalue weighted by Crippen LogP contribution is -2.04. The predicted molar refractivity (Wildman–Crippen MR) is 62.2 cm³/mol. The zero-order valence-corrected chi connectivity index (χ0v) is 9.75. The zero-order valence-electron chi connectivity index (χ0n) is 9.75. The summed E-state index contributed by atoms with van der Waals surface area (Å²) >= 11 is 0. The Labute approximate surface area is 99.1 Å². The predicted octanol–water partition coefficient (Wildman–Crippen LogP) is 1.53. The van der Waals surface area contributed by atoms with Crippen molar-refractivity contribution in [3.63, 3.8) is 0 Å². The number of hydrogen-bond acceptors (Lipinski definition) is 4. The number of aldehydes is 1. The van der Waals surface area contributed by atoms with Crippen LogP contribution in [0.2, 0.25) is 0 Å². The molecule has 17 heavy (non-hydrogen) atoms. The summed E-state index contributed by atoms with van der Waals surface area (Å²) < 4.78 is 6.71. The van der Waals surface area contributed by atoms with Crippen molar-refractivity contribution >= 4 is 6.29 Å². The van der Waals surface area contributed by atoms with Crippen molar-refractivity contribution in [3.8, 4) is 5.82 Å². The van der Waals surface area contributed by atoms with Gasteiger partial charge >= 0.3 is 0 Å². The summed E-state index contributed by atoms with van der Waals surface area (Å²) in [5, 5.41) is 4.26. The van der Waals surface area contributed by atoms with E-state index in [2.05, 4.69) is 10.1 Å². The summed E-state index contributed by atoms with van der Waals surface area (Å²) in [4.78, 5) is 15.0. The van der Waals surface area contributed by atoms with Gasteiger partial charge in [0.1, 0.15) is 0 Å². The molecule has 0 bridgehead atoms. The monoisotopic (exact) mass is 231 g/mol.